The molecule has 116 valence electrons. The lowest BCUT2D eigenvalue weighted by Gasteiger charge is -2.22. The molecule has 2 rings (SSSR count). The number of nitro groups is 1. The minimum atomic E-state index is -3.97. The summed E-state index contributed by atoms with van der Waals surface area (Å²) in [6.45, 7) is 1.73. The molecule has 8 heteroatoms. The lowest BCUT2D eigenvalue weighted by Crippen LogP contribution is -2.30. The number of rotatable bonds is 5. The fraction of sp³-hybridized carbons (Fsp3) is 0.143. The van der Waals surface area contributed by atoms with Crippen molar-refractivity contribution in [2.24, 2.45) is 0 Å². The van der Waals surface area contributed by atoms with Gasteiger partial charge >= 0.3 is 0 Å². The molecule has 0 bridgehead atoms. The van der Waals surface area contributed by atoms with E-state index >= 15 is 0 Å². The zero-order valence-electron chi connectivity index (χ0n) is 11.6. The van der Waals surface area contributed by atoms with Gasteiger partial charge in [0.05, 0.1) is 15.5 Å². The maximum absolute atomic E-state index is 13.0. The van der Waals surface area contributed by atoms with Crippen LogP contribution in [-0.4, -0.2) is 19.9 Å². The van der Waals surface area contributed by atoms with Crippen LogP contribution in [0.15, 0.2) is 53.4 Å². The van der Waals surface area contributed by atoms with Crippen LogP contribution in [-0.2, 0) is 10.0 Å². The summed E-state index contributed by atoms with van der Waals surface area (Å²) in [4.78, 5) is 9.94. The van der Waals surface area contributed by atoms with Crippen LogP contribution >= 0.6 is 0 Å². The van der Waals surface area contributed by atoms with Crippen molar-refractivity contribution in [1.82, 2.24) is 0 Å². The first kappa shape index (κ1) is 15.9. The molecule has 0 aliphatic rings. The summed E-state index contributed by atoms with van der Waals surface area (Å²) in [7, 11) is -3.97. The number of hydrogen-bond donors (Lipinski definition) is 0. The lowest BCUT2D eigenvalue weighted by molar-refractivity contribution is -0.385. The molecule has 0 fully saturated rings. The highest BCUT2D eigenvalue weighted by molar-refractivity contribution is 7.92. The average Bonchev–Trinajstić information content (AvgIpc) is 2.50. The SMILES string of the molecule is CCN(c1ccc(F)cc1)S(=O)(=O)c1cccc([N+](=O)[O-])c1. The third-order valence-corrected chi connectivity index (χ3v) is 4.92. The predicted octanol–water partition coefficient (Wildman–Crippen LogP) is 2.95. The Morgan fingerprint density at radius 3 is 2.36 bits per heavy atom. The molecule has 0 amide bonds. The summed E-state index contributed by atoms with van der Waals surface area (Å²) in [6.07, 6.45) is 0. The molecular formula is C14H13FN2O4S. The van der Waals surface area contributed by atoms with Crippen molar-refractivity contribution in [3.05, 3.63) is 64.5 Å². The first-order chi connectivity index (χ1) is 10.4. The van der Waals surface area contributed by atoms with Crippen molar-refractivity contribution < 1.29 is 17.7 Å². The number of benzene rings is 2. The van der Waals surface area contributed by atoms with E-state index in [1.54, 1.807) is 6.92 Å². The molecule has 0 N–H and O–H groups in total. The van der Waals surface area contributed by atoms with Crippen LogP contribution in [0.5, 0.6) is 0 Å². The van der Waals surface area contributed by atoms with Gasteiger partial charge in [0.2, 0.25) is 0 Å². The Hall–Kier alpha value is -2.48. The Kier molecular flexibility index (Phi) is 4.41. The summed E-state index contributed by atoms with van der Waals surface area (Å²) in [5.74, 6) is -0.479. The molecule has 0 saturated heterocycles. The van der Waals surface area contributed by atoms with Crippen LogP contribution in [0.25, 0.3) is 0 Å². The molecule has 0 aromatic heterocycles. The smallest absolute Gasteiger partial charge is 0.267 e. The molecule has 0 spiro atoms. The van der Waals surface area contributed by atoms with Crippen LogP contribution in [0, 0.1) is 15.9 Å². The van der Waals surface area contributed by atoms with E-state index in [4.69, 9.17) is 0 Å². The summed E-state index contributed by atoms with van der Waals surface area (Å²) in [6, 6.07) is 9.80. The first-order valence-corrected chi connectivity index (χ1v) is 7.83. The van der Waals surface area contributed by atoms with Crippen molar-refractivity contribution in [2.75, 3.05) is 10.8 Å². The predicted molar refractivity (Wildman–Crippen MR) is 79.7 cm³/mol. The molecule has 6 nitrogen and oxygen atoms in total. The topological polar surface area (TPSA) is 80.5 Å². The monoisotopic (exact) mass is 324 g/mol. The van der Waals surface area contributed by atoms with Crippen LogP contribution in [0.2, 0.25) is 0 Å². The minimum absolute atomic E-state index is 0.108. The molecule has 2 aromatic carbocycles. The Balaban J connectivity index is 2.49. The fourth-order valence-electron chi connectivity index (χ4n) is 1.98. The second kappa shape index (κ2) is 6.10. The number of halogens is 1. The molecule has 0 radical (unpaired) electrons. The molecule has 2 aromatic rings. The zero-order chi connectivity index (χ0) is 16.3. The standard InChI is InChI=1S/C14H13FN2O4S/c1-2-16(12-8-6-11(15)7-9-12)22(20,21)14-5-3-4-13(10-14)17(18)19/h3-10H,2H2,1H3. The first-order valence-electron chi connectivity index (χ1n) is 6.39. The molecule has 0 heterocycles. The van der Waals surface area contributed by atoms with Crippen LogP contribution in [0.3, 0.4) is 0 Å². The number of nitrogens with zero attached hydrogens (tertiary/aromatic N) is 2. The van der Waals surface area contributed by atoms with Crippen molar-refractivity contribution in [3.8, 4) is 0 Å². The lowest BCUT2D eigenvalue weighted by atomic mass is 10.3. The summed E-state index contributed by atoms with van der Waals surface area (Å²) >= 11 is 0. The van der Waals surface area contributed by atoms with Crippen LogP contribution in [0.1, 0.15) is 6.92 Å². The highest BCUT2D eigenvalue weighted by Gasteiger charge is 2.25. The maximum atomic E-state index is 13.0. The number of sulfonamides is 1. The van der Waals surface area contributed by atoms with Gasteiger partial charge in [-0.1, -0.05) is 6.07 Å². The number of hydrogen-bond acceptors (Lipinski definition) is 4. The van der Waals surface area contributed by atoms with E-state index in [9.17, 15) is 22.9 Å². The van der Waals surface area contributed by atoms with E-state index in [1.165, 1.54) is 30.3 Å². The molecule has 0 aliphatic heterocycles. The van der Waals surface area contributed by atoms with Crippen LogP contribution in [0.4, 0.5) is 15.8 Å². The van der Waals surface area contributed by atoms with Gasteiger partial charge in [-0.05, 0) is 37.3 Å². The normalized spacial score (nSPS) is 11.2. The van der Waals surface area contributed by atoms with E-state index < -0.39 is 20.8 Å². The summed E-state index contributed by atoms with van der Waals surface area (Å²) in [5.41, 5.74) is -0.0216. The van der Waals surface area contributed by atoms with Crippen LogP contribution < -0.4 is 4.31 Å². The highest BCUT2D eigenvalue weighted by Crippen LogP contribution is 2.25. The Morgan fingerprint density at radius 2 is 1.82 bits per heavy atom. The fourth-order valence-corrected chi connectivity index (χ4v) is 3.50. The largest absolute Gasteiger partial charge is 0.270 e. The highest BCUT2D eigenvalue weighted by atomic mass is 32.2. The quantitative estimate of drug-likeness (QED) is 0.625. The van der Waals surface area contributed by atoms with Gasteiger partial charge in [-0.25, -0.2) is 12.8 Å². The summed E-state index contributed by atoms with van der Waals surface area (Å²) < 4.78 is 39.3. The van der Waals surface area contributed by atoms with Gasteiger partial charge in [-0.2, -0.15) is 0 Å². The molecule has 0 unspecified atom stereocenters. The third kappa shape index (κ3) is 3.06. The van der Waals surface area contributed by atoms with Crippen molar-refractivity contribution in [1.29, 1.82) is 0 Å². The minimum Gasteiger partial charge on any atom is -0.267 e. The Labute approximate surface area is 127 Å². The number of non-ortho nitro benzene ring substituents is 1. The van der Waals surface area contributed by atoms with Crippen molar-refractivity contribution >= 4 is 21.4 Å². The molecule has 0 saturated carbocycles. The Morgan fingerprint density at radius 1 is 1.18 bits per heavy atom. The van der Waals surface area contributed by atoms with Crippen molar-refractivity contribution in [3.63, 3.8) is 0 Å². The maximum Gasteiger partial charge on any atom is 0.270 e. The van der Waals surface area contributed by atoms with E-state index in [0.717, 1.165) is 22.5 Å². The third-order valence-electron chi connectivity index (χ3n) is 3.02. The van der Waals surface area contributed by atoms with Gasteiger partial charge in [0.15, 0.2) is 0 Å². The molecule has 0 atom stereocenters. The molecule has 22 heavy (non-hydrogen) atoms. The Bertz CT molecular complexity index is 791. The van der Waals surface area contributed by atoms with Gasteiger partial charge in [0.25, 0.3) is 15.7 Å². The second-order valence-electron chi connectivity index (χ2n) is 4.40. The van der Waals surface area contributed by atoms with E-state index in [0.29, 0.717) is 0 Å². The van der Waals surface area contributed by atoms with Gasteiger partial charge < -0.3 is 0 Å². The van der Waals surface area contributed by atoms with E-state index in [1.807, 2.05) is 0 Å². The number of anilines is 1. The summed E-state index contributed by atoms with van der Waals surface area (Å²) in [5, 5.41) is 10.8. The van der Waals surface area contributed by atoms with Crippen molar-refractivity contribution in [2.45, 2.75) is 11.8 Å². The molecular weight excluding hydrogens is 311 g/mol. The van der Waals surface area contributed by atoms with E-state index in [2.05, 4.69) is 0 Å². The van der Waals surface area contributed by atoms with Gasteiger partial charge in [0.1, 0.15) is 5.82 Å². The van der Waals surface area contributed by atoms with E-state index in [-0.39, 0.29) is 22.8 Å². The zero-order valence-corrected chi connectivity index (χ0v) is 12.5. The number of nitro benzene ring substituents is 1. The second-order valence-corrected chi connectivity index (χ2v) is 6.26. The molecule has 0 aliphatic carbocycles. The van der Waals surface area contributed by atoms with Gasteiger partial charge in [0, 0.05) is 18.7 Å². The average molecular weight is 324 g/mol. The van der Waals surface area contributed by atoms with Gasteiger partial charge in [-0.15, -0.1) is 0 Å². The van der Waals surface area contributed by atoms with Gasteiger partial charge in [-0.3, -0.25) is 14.4 Å².